The Morgan fingerprint density at radius 2 is 2.24 bits per heavy atom. The summed E-state index contributed by atoms with van der Waals surface area (Å²) in [5, 5.41) is 6.35. The highest BCUT2D eigenvalue weighted by Gasteiger charge is 2.17. The smallest absolute Gasteiger partial charge is 0.239 e. The lowest BCUT2D eigenvalue weighted by Crippen LogP contribution is -2.33. The lowest BCUT2D eigenvalue weighted by Gasteiger charge is -2.23. The third-order valence-corrected chi connectivity index (χ3v) is 4.13. The lowest BCUT2D eigenvalue weighted by atomic mass is 10.1. The van der Waals surface area contributed by atoms with Crippen LogP contribution in [0, 0.1) is 5.92 Å². The molecule has 0 spiro atoms. The van der Waals surface area contributed by atoms with Gasteiger partial charge in [-0.3, -0.25) is 4.79 Å². The third kappa shape index (κ3) is 5.00. The molecular weight excluding hydrogens is 330 g/mol. The molecule has 1 aliphatic rings. The second-order valence-electron chi connectivity index (χ2n) is 5.94. The minimum Gasteiger partial charge on any atom is -0.361 e. The van der Waals surface area contributed by atoms with E-state index in [1.165, 1.54) is 5.56 Å². The van der Waals surface area contributed by atoms with Gasteiger partial charge in [0.15, 0.2) is 0 Å². The third-order valence-electron chi connectivity index (χ3n) is 3.50. The standard InChI is InChI=1S/C16H24BrN3O/c1-12(2)9-18-10-13-4-5-15(14(17)8-13)20-7-3-6-19-16(21)11-20/h4-5,8,12,18H,3,6-7,9-11H2,1-2H3,(H,19,21). The van der Waals surface area contributed by atoms with E-state index in [0.29, 0.717) is 12.5 Å². The maximum absolute atomic E-state index is 11.7. The lowest BCUT2D eigenvalue weighted by molar-refractivity contribution is -0.119. The topological polar surface area (TPSA) is 44.4 Å². The summed E-state index contributed by atoms with van der Waals surface area (Å²) in [5.41, 5.74) is 2.35. The quantitative estimate of drug-likeness (QED) is 0.854. The molecule has 2 rings (SSSR count). The van der Waals surface area contributed by atoms with Crippen molar-refractivity contribution in [2.45, 2.75) is 26.8 Å². The van der Waals surface area contributed by atoms with Gasteiger partial charge < -0.3 is 15.5 Å². The summed E-state index contributed by atoms with van der Waals surface area (Å²) in [5.74, 6) is 0.755. The summed E-state index contributed by atoms with van der Waals surface area (Å²) in [6, 6.07) is 6.39. The minimum absolute atomic E-state index is 0.0991. The van der Waals surface area contributed by atoms with E-state index >= 15 is 0 Å². The van der Waals surface area contributed by atoms with Crippen molar-refractivity contribution in [3.63, 3.8) is 0 Å². The highest BCUT2D eigenvalue weighted by Crippen LogP contribution is 2.28. The first-order valence-electron chi connectivity index (χ1n) is 7.57. The van der Waals surface area contributed by atoms with Gasteiger partial charge in [0.05, 0.1) is 12.2 Å². The van der Waals surface area contributed by atoms with Crippen LogP contribution in [-0.2, 0) is 11.3 Å². The molecule has 116 valence electrons. The van der Waals surface area contributed by atoms with Crippen LogP contribution in [0.25, 0.3) is 0 Å². The molecule has 1 aromatic carbocycles. The number of nitrogens with one attached hydrogen (secondary N) is 2. The van der Waals surface area contributed by atoms with Crippen molar-refractivity contribution in [1.82, 2.24) is 10.6 Å². The Balaban J connectivity index is 2.02. The number of carbonyl (C=O) groups excluding carboxylic acids is 1. The van der Waals surface area contributed by atoms with Crippen LogP contribution in [0.1, 0.15) is 25.8 Å². The zero-order valence-electron chi connectivity index (χ0n) is 12.8. The first kappa shape index (κ1) is 16.3. The molecule has 1 heterocycles. The van der Waals surface area contributed by atoms with Gasteiger partial charge in [-0.15, -0.1) is 0 Å². The summed E-state index contributed by atoms with van der Waals surface area (Å²) in [6.07, 6.45) is 0.982. The second-order valence-corrected chi connectivity index (χ2v) is 6.79. The predicted octanol–water partition coefficient (Wildman–Crippen LogP) is 2.52. The molecule has 0 saturated carbocycles. The van der Waals surface area contributed by atoms with E-state index in [1.807, 2.05) is 0 Å². The zero-order valence-corrected chi connectivity index (χ0v) is 14.4. The Kier molecular flexibility index (Phi) is 6.06. The van der Waals surface area contributed by atoms with Gasteiger partial charge in [0, 0.05) is 24.1 Å². The molecule has 0 radical (unpaired) electrons. The fraction of sp³-hybridized carbons (Fsp3) is 0.562. The number of benzene rings is 1. The van der Waals surface area contributed by atoms with Gasteiger partial charge in [-0.05, 0) is 52.5 Å². The number of rotatable bonds is 5. The van der Waals surface area contributed by atoms with Crippen molar-refractivity contribution in [2.24, 2.45) is 5.92 Å². The molecule has 0 aliphatic carbocycles. The van der Waals surface area contributed by atoms with E-state index in [9.17, 15) is 4.79 Å². The van der Waals surface area contributed by atoms with E-state index in [1.54, 1.807) is 0 Å². The molecule has 0 atom stereocenters. The fourth-order valence-corrected chi connectivity index (χ4v) is 3.11. The molecule has 1 aromatic rings. The van der Waals surface area contributed by atoms with Crippen molar-refractivity contribution >= 4 is 27.5 Å². The van der Waals surface area contributed by atoms with Crippen molar-refractivity contribution in [3.05, 3.63) is 28.2 Å². The largest absolute Gasteiger partial charge is 0.361 e. The van der Waals surface area contributed by atoms with E-state index < -0.39 is 0 Å². The normalized spacial score (nSPS) is 16.0. The van der Waals surface area contributed by atoms with E-state index in [4.69, 9.17) is 0 Å². The maximum atomic E-state index is 11.7. The average molecular weight is 354 g/mol. The summed E-state index contributed by atoms with van der Waals surface area (Å²) < 4.78 is 1.06. The zero-order chi connectivity index (χ0) is 15.2. The average Bonchev–Trinajstić information content (AvgIpc) is 2.63. The van der Waals surface area contributed by atoms with Gasteiger partial charge in [-0.25, -0.2) is 0 Å². The molecule has 5 heteroatoms. The van der Waals surface area contributed by atoms with Crippen molar-refractivity contribution < 1.29 is 4.79 Å². The van der Waals surface area contributed by atoms with Crippen LogP contribution in [0.5, 0.6) is 0 Å². The number of anilines is 1. The van der Waals surface area contributed by atoms with Gasteiger partial charge in [0.2, 0.25) is 5.91 Å². The summed E-state index contributed by atoms with van der Waals surface area (Å²) in [4.78, 5) is 13.8. The van der Waals surface area contributed by atoms with Crippen LogP contribution in [0.3, 0.4) is 0 Å². The number of nitrogens with zero attached hydrogens (tertiary/aromatic N) is 1. The Hall–Kier alpha value is -1.07. The first-order chi connectivity index (χ1) is 10.1. The summed E-state index contributed by atoms with van der Waals surface area (Å²) in [6.45, 7) is 8.41. The predicted molar refractivity (Wildman–Crippen MR) is 90.5 cm³/mol. The minimum atomic E-state index is 0.0991. The number of carbonyl (C=O) groups is 1. The molecule has 0 unspecified atom stereocenters. The molecule has 4 nitrogen and oxygen atoms in total. The monoisotopic (exact) mass is 353 g/mol. The number of hydrogen-bond acceptors (Lipinski definition) is 3. The Morgan fingerprint density at radius 3 is 2.95 bits per heavy atom. The van der Waals surface area contributed by atoms with Crippen LogP contribution in [0.4, 0.5) is 5.69 Å². The van der Waals surface area contributed by atoms with Crippen molar-refractivity contribution in [2.75, 3.05) is 31.1 Å². The number of amides is 1. The molecular formula is C16H24BrN3O. The second kappa shape index (κ2) is 7.80. The highest BCUT2D eigenvalue weighted by molar-refractivity contribution is 9.10. The van der Waals surface area contributed by atoms with Crippen molar-refractivity contribution in [3.8, 4) is 0 Å². The Labute approximate surface area is 135 Å². The van der Waals surface area contributed by atoms with Gasteiger partial charge in [-0.1, -0.05) is 19.9 Å². The first-order valence-corrected chi connectivity index (χ1v) is 8.36. The molecule has 0 aromatic heterocycles. The van der Waals surface area contributed by atoms with Crippen LogP contribution < -0.4 is 15.5 Å². The SMILES string of the molecule is CC(C)CNCc1ccc(N2CCCNC(=O)C2)c(Br)c1. The van der Waals surface area contributed by atoms with E-state index in [2.05, 4.69) is 63.5 Å². The van der Waals surface area contributed by atoms with Crippen LogP contribution >= 0.6 is 15.9 Å². The molecule has 0 bridgehead atoms. The Bertz CT molecular complexity index is 490. The molecule has 2 N–H and O–H groups in total. The maximum Gasteiger partial charge on any atom is 0.239 e. The number of halogens is 1. The van der Waals surface area contributed by atoms with Crippen molar-refractivity contribution in [1.29, 1.82) is 0 Å². The van der Waals surface area contributed by atoms with Gasteiger partial charge in [0.25, 0.3) is 0 Å². The van der Waals surface area contributed by atoms with E-state index in [0.717, 1.165) is 42.8 Å². The van der Waals surface area contributed by atoms with Gasteiger partial charge in [-0.2, -0.15) is 0 Å². The highest BCUT2D eigenvalue weighted by atomic mass is 79.9. The summed E-state index contributed by atoms with van der Waals surface area (Å²) >= 11 is 3.65. The number of hydrogen-bond donors (Lipinski definition) is 2. The van der Waals surface area contributed by atoms with E-state index in [-0.39, 0.29) is 5.91 Å². The van der Waals surface area contributed by atoms with Crippen LogP contribution in [-0.4, -0.2) is 32.1 Å². The molecule has 21 heavy (non-hydrogen) atoms. The molecule has 1 fully saturated rings. The van der Waals surface area contributed by atoms with Crippen LogP contribution in [0.2, 0.25) is 0 Å². The Morgan fingerprint density at radius 1 is 1.43 bits per heavy atom. The van der Waals surface area contributed by atoms with Gasteiger partial charge in [0.1, 0.15) is 0 Å². The van der Waals surface area contributed by atoms with Crippen LogP contribution in [0.15, 0.2) is 22.7 Å². The fourth-order valence-electron chi connectivity index (χ4n) is 2.43. The molecule has 1 saturated heterocycles. The molecule has 1 amide bonds. The summed E-state index contributed by atoms with van der Waals surface area (Å²) in [7, 11) is 0. The molecule has 1 aliphatic heterocycles. The van der Waals surface area contributed by atoms with Gasteiger partial charge >= 0.3 is 0 Å².